The molecule has 3 N–H and O–H groups in total. The Bertz CT molecular complexity index is 1280. The molecule has 218 valence electrons. The predicted molar refractivity (Wildman–Crippen MR) is 159 cm³/mol. The molecular formula is C32H42N5O4+. The molecule has 2 aliphatic heterocycles. The summed E-state index contributed by atoms with van der Waals surface area (Å²) in [7, 11) is 1.97. The van der Waals surface area contributed by atoms with Gasteiger partial charge in [-0.25, -0.2) is 9.63 Å². The SMILES string of the molecule is CC(C)[C@H](N)C(=O)N(C(=O)NCC1=CC=CC(C)N1C)C1(CCC2C=C(Cc3ccccc3)[N+](=O)O2)C=CC=CC1. The summed E-state index contributed by atoms with van der Waals surface area (Å²) < 4.78 is 0. The van der Waals surface area contributed by atoms with Gasteiger partial charge in [0.05, 0.1) is 29.5 Å². The van der Waals surface area contributed by atoms with Gasteiger partial charge in [0.2, 0.25) is 12.0 Å². The molecule has 0 saturated carbocycles. The molecule has 41 heavy (non-hydrogen) atoms. The number of nitrogens with one attached hydrogen (secondary N) is 1. The lowest BCUT2D eigenvalue weighted by atomic mass is 9.83. The molecule has 3 aliphatic rings. The fourth-order valence-electron chi connectivity index (χ4n) is 5.29. The van der Waals surface area contributed by atoms with Crippen molar-refractivity contribution in [3.63, 3.8) is 0 Å². The van der Waals surface area contributed by atoms with Crippen LogP contribution in [0.15, 0.2) is 90.3 Å². The summed E-state index contributed by atoms with van der Waals surface area (Å²) in [5, 5.41) is 2.98. The Balaban J connectivity index is 1.55. The van der Waals surface area contributed by atoms with Gasteiger partial charge >= 0.3 is 6.03 Å². The molecule has 0 bridgehead atoms. The fraction of sp³-hybridized carbons (Fsp3) is 0.438. The quantitative estimate of drug-likeness (QED) is 0.435. The lowest BCUT2D eigenvalue weighted by Crippen LogP contribution is -2.62. The van der Waals surface area contributed by atoms with Crippen molar-refractivity contribution in [2.45, 2.75) is 70.2 Å². The van der Waals surface area contributed by atoms with E-state index in [1.165, 1.54) is 4.90 Å². The van der Waals surface area contributed by atoms with Crippen LogP contribution in [0.3, 0.4) is 0 Å². The number of allylic oxidation sites excluding steroid dienone is 5. The molecule has 4 rings (SSSR count). The molecule has 9 nitrogen and oxygen atoms in total. The van der Waals surface area contributed by atoms with Gasteiger partial charge in [0.1, 0.15) is 0 Å². The van der Waals surface area contributed by atoms with E-state index in [1.807, 2.05) is 93.8 Å². The Labute approximate surface area is 242 Å². The topological polar surface area (TPSA) is 108 Å². The second-order valence-electron chi connectivity index (χ2n) is 11.4. The highest BCUT2D eigenvalue weighted by Crippen LogP contribution is 2.34. The number of nitrogens with zero attached hydrogens (tertiary/aromatic N) is 3. The number of carbonyl (C=O) groups excluding carboxylic acids is 2. The number of rotatable bonds is 10. The van der Waals surface area contributed by atoms with Crippen LogP contribution < -0.4 is 11.1 Å². The second-order valence-corrected chi connectivity index (χ2v) is 11.4. The molecule has 0 saturated heterocycles. The minimum atomic E-state index is -0.963. The molecule has 9 heteroatoms. The summed E-state index contributed by atoms with van der Waals surface area (Å²) in [4.78, 5) is 49.8. The molecule has 3 amide bonds. The van der Waals surface area contributed by atoms with Crippen molar-refractivity contribution in [3.8, 4) is 0 Å². The molecule has 4 atom stereocenters. The molecule has 1 aromatic rings. The van der Waals surface area contributed by atoms with Crippen molar-refractivity contribution >= 4 is 11.9 Å². The molecule has 0 spiro atoms. The standard InChI is InChI=1S/C32H41N5O4/c1-23(2)29(33)30(38)36(31(39)34-22-26-15-11-12-24(3)35(26)4)32(17-9-6-10-18-32)19-16-28-21-27(37(40)41-28)20-25-13-7-5-8-14-25/h5-15,17,21,23-24,28-29H,16,18-20,22,33H2,1-4H3/p+1/t24?,28?,29-,32?/m0/s1. The molecule has 0 radical (unpaired) electrons. The molecule has 0 fully saturated rings. The van der Waals surface area contributed by atoms with Crippen molar-refractivity contribution in [3.05, 3.63) is 101 Å². The van der Waals surface area contributed by atoms with Gasteiger partial charge in [0, 0.05) is 24.9 Å². The number of imide groups is 1. The fourth-order valence-corrected chi connectivity index (χ4v) is 5.29. The lowest BCUT2D eigenvalue weighted by Gasteiger charge is -2.43. The van der Waals surface area contributed by atoms with Crippen LogP contribution in [0.2, 0.25) is 0 Å². The van der Waals surface area contributed by atoms with Crippen LogP contribution >= 0.6 is 0 Å². The maximum absolute atomic E-state index is 13.9. The van der Waals surface area contributed by atoms with Gasteiger partial charge in [-0.05, 0) is 43.7 Å². The average molecular weight is 561 g/mol. The van der Waals surface area contributed by atoms with Gasteiger partial charge in [-0.3, -0.25) is 9.69 Å². The van der Waals surface area contributed by atoms with Gasteiger partial charge in [0.15, 0.2) is 0 Å². The number of benzene rings is 1. The lowest BCUT2D eigenvalue weighted by molar-refractivity contribution is -0.765. The van der Waals surface area contributed by atoms with E-state index in [0.717, 1.165) is 11.3 Å². The normalized spacial score (nSPS) is 24.1. The Morgan fingerprint density at radius 1 is 1.22 bits per heavy atom. The predicted octanol–water partition coefficient (Wildman–Crippen LogP) is 4.54. The molecule has 0 aromatic heterocycles. The molecule has 3 unspecified atom stereocenters. The third-order valence-corrected chi connectivity index (χ3v) is 8.09. The van der Waals surface area contributed by atoms with E-state index < -0.39 is 29.6 Å². The maximum Gasteiger partial charge on any atom is 0.325 e. The van der Waals surface area contributed by atoms with Gasteiger partial charge in [-0.2, -0.15) is 0 Å². The van der Waals surface area contributed by atoms with E-state index in [-0.39, 0.29) is 18.5 Å². The molecular weight excluding hydrogens is 518 g/mol. The highest BCUT2D eigenvalue weighted by Gasteiger charge is 2.45. The van der Waals surface area contributed by atoms with Crippen LogP contribution in [-0.4, -0.2) is 64.0 Å². The summed E-state index contributed by atoms with van der Waals surface area (Å²) >= 11 is 0. The first-order valence-electron chi connectivity index (χ1n) is 14.3. The number of hydrogen-bond donors (Lipinski definition) is 2. The second kappa shape index (κ2) is 13.1. The van der Waals surface area contributed by atoms with Gasteiger partial charge in [-0.15, -0.1) is 0 Å². The van der Waals surface area contributed by atoms with E-state index >= 15 is 0 Å². The Morgan fingerprint density at radius 3 is 2.66 bits per heavy atom. The summed E-state index contributed by atoms with van der Waals surface area (Å²) in [6.45, 7) is 6.07. The molecule has 1 aliphatic carbocycles. The Kier molecular flexibility index (Phi) is 9.60. The number of carbonyl (C=O) groups is 2. The van der Waals surface area contributed by atoms with Crippen molar-refractivity contribution in [2.75, 3.05) is 13.6 Å². The van der Waals surface area contributed by atoms with E-state index in [9.17, 15) is 14.5 Å². The monoisotopic (exact) mass is 560 g/mol. The number of likely N-dealkylation sites (N-methyl/N-ethyl adjacent to an activating group) is 1. The van der Waals surface area contributed by atoms with Crippen LogP contribution in [-0.2, 0) is 16.1 Å². The van der Waals surface area contributed by atoms with E-state index in [2.05, 4.69) is 23.2 Å². The van der Waals surface area contributed by atoms with Crippen LogP contribution in [0.5, 0.6) is 0 Å². The van der Waals surface area contributed by atoms with E-state index in [4.69, 9.17) is 10.6 Å². The average Bonchev–Trinajstić information content (AvgIpc) is 3.32. The Hall–Kier alpha value is -3.98. The van der Waals surface area contributed by atoms with E-state index in [0.29, 0.717) is 36.3 Å². The number of urea groups is 1. The first kappa shape index (κ1) is 30.0. The Morgan fingerprint density at radius 2 is 1.98 bits per heavy atom. The smallest absolute Gasteiger partial charge is 0.325 e. The minimum absolute atomic E-state index is 0.160. The zero-order valence-electron chi connectivity index (χ0n) is 24.4. The van der Waals surface area contributed by atoms with Crippen LogP contribution in [0.25, 0.3) is 0 Å². The largest absolute Gasteiger partial charge is 0.370 e. The highest BCUT2D eigenvalue weighted by atomic mass is 16.8. The number of nitrogens with two attached hydrogens (primary N) is 1. The van der Waals surface area contributed by atoms with Crippen molar-refractivity contribution in [2.24, 2.45) is 11.7 Å². The zero-order valence-corrected chi connectivity index (χ0v) is 24.4. The number of hydrogen-bond acceptors (Lipinski definition) is 6. The minimum Gasteiger partial charge on any atom is -0.370 e. The van der Waals surface area contributed by atoms with Gasteiger partial charge in [-0.1, -0.05) is 80.6 Å². The zero-order chi connectivity index (χ0) is 29.6. The summed E-state index contributed by atoms with van der Waals surface area (Å²) in [5.74, 6) is -0.596. The first-order chi connectivity index (χ1) is 19.6. The maximum atomic E-state index is 13.9. The van der Waals surface area contributed by atoms with Crippen molar-refractivity contribution in [1.29, 1.82) is 0 Å². The molecule has 1 aromatic carbocycles. The highest BCUT2D eigenvalue weighted by molar-refractivity contribution is 5.98. The third-order valence-electron chi connectivity index (χ3n) is 8.09. The van der Waals surface area contributed by atoms with Crippen molar-refractivity contribution in [1.82, 2.24) is 15.1 Å². The van der Waals surface area contributed by atoms with Crippen LogP contribution in [0, 0.1) is 10.8 Å². The van der Waals surface area contributed by atoms with Crippen molar-refractivity contribution < 1.29 is 19.3 Å². The third kappa shape index (κ3) is 7.03. The first-order valence-corrected chi connectivity index (χ1v) is 14.3. The summed E-state index contributed by atoms with van der Waals surface area (Å²) in [6.07, 6.45) is 16.7. The van der Waals surface area contributed by atoms with Crippen LogP contribution in [0.1, 0.15) is 45.6 Å². The van der Waals surface area contributed by atoms with E-state index in [1.54, 1.807) is 0 Å². The van der Waals surface area contributed by atoms with Crippen LogP contribution in [0.4, 0.5) is 4.79 Å². The summed E-state index contributed by atoms with van der Waals surface area (Å²) in [6, 6.07) is 8.58. The van der Waals surface area contributed by atoms with Gasteiger partial charge in [0.25, 0.3) is 10.6 Å². The molecule has 2 heterocycles. The summed E-state index contributed by atoms with van der Waals surface area (Å²) in [5.41, 5.74) is 7.87. The van der Waals surface area contributed by atoms with Gasteiger partial charge < -0.3 is 16.0 Å². The number of amides is 3.